The summed E-state index contributed by atoms with van der Waals surface area (Å²) < 4.78 is 0.815. The van der Waals surface area contributed by atoms with Gasteiger partial charge >= 0.3 is 0 Å². The van der Waals surface area contributed by atoms with Gasteiger partial charge in [0.2, 0.25) is 0 Å². The highest BCUT2D eigenvalue weighted by molar-refractivity contribution is 8.22. The van der Waals surface area contributed by atoms with Crippen LogP contribution in [0.25, 0.3) is 0 Å². The van der Waals surface area contributed by atoms with Gasteiger partial charge in [-0.25, -0.2) is 0 Å². The summed E-state index contributed by atoms with van der Waals surface area (Å²) in [5.74, 6) is 0. The molecular formula is C10H10N2S2. The van der Waals surface area contributed by atoms with Crippen molar-refractivity contribution in [2.75, 3.05) is 18.2 Å². The summed E-state index contributed by atoms with van der Waals surface area (Å²) in [6, 6.07) is 9.43. The molecule has 2 nitrogen and oxygen atoms in total. The molecule has 0 aliphatic rings. The molecule has 0 saturated heterocycles. The summed E-state index contributed by atoms with van der Waals surface area (Å²) in [4.78, 5) is 1.92. The number of nitrogens with zero attached hydrogens (tertiary/aromatic N) is 2. The third kappa shape index (κ3) is 2.47. The molecule has 1 aromatic rings. The molecule has 0 spiro atoms. The van der Waals surface area contributed by atoms with E-state index >= 15 is 0 Å². The number of nitriles is 1. The van der Waals surface area contributed by atoms with Crippen LogP contribution in [-0.2, 0) is 0 Å². The maximum Gasteiger partial charge on any atom is 0.140 e. The van der Waals surface area contributed by atoms with Gasteiger partial charge in [-0.2, -0.15) is 5.26 Å². The Kier molecular flexibility index (Phi) is 3.93. The van der Waals surface area contributed by atoms with E-state index in [0.29, 0.717) is 5.56 Å². The van der Waals surface area contributed by atoms with Crippen LogP contribution in [0.2, 0.25) is 0 Å². The third-order valence-corrected chi connectivity index (χ3v) is 3.23. The fraction of sp³-hybridized carbons (Fsp3) is 0.200. The van der Waals surface area contributed by atoms with Crippen LogP contribution in [0.3, 0.4) is 0 Å². The maximum atomic E-state index is 8.63. The monoisotopic (exact) mass is 222 g/mol. The minimum atomic E-state index is 0.664. The van der Waals surface area contributed by atoms with Gasteiger partial charge in [-0.15, -0.1) is 11.8 Å². The molecule has 4 heteroatoms. The first-order chi connectivity index (χ1) is 6.69. The molecule has 0 N–H and O–H groups in total. The molecule has 0 aromatic heterocycles. The Morgan fingerprint density at radius 2 is 2.00 bits per heavy atom. The van der Waals surface area contributed by atoms with Crippen molar-refractivity contribution in [3.05, 3.63) is 29.8 Å². The normalized spacial score (nSPS) is 9.21. The van der Waals surface area contributed by atoms with E-state index in [1.54, 1.807) is 12.1 Å². The van der Waals surface area contributed by atoms with Crippen LogP contribution in [-0.4, -0.2) is 17.6 Å². The highest BCUT2D eigenvalue weighted by Gasteiger charge is 2.04. The van der Waals surface area contributed by atoms with Crippen LogP contribution in [0.15, 0.2) is 24.3 Å². The number of rotatable bonds is 1. The minimum Gasteiger partial charge on any atom is -0.330 e. The van der Waals surface area contributed by atoms with Crippen molar-refractivity contribution in [2.45, 2.75) is 0 Å². The lowest BCUT2D eigenvalue weighted by Gasteiger charge is -2.18. The number of benzene rings is 1. The van der Waals surface area contributed by atoms with Gasteiger partial charge in [-0.3, -0.25) is 0 Å². The van der Waals surface area contributed by atoms with Gasteiger partial charge in [0.05, 0.1) is 11.6 Å². The Balaban J connectivity index is 2.88. The second kappa shape index (κ2) is 4.99. The van der Waals surface area contributed by atoms with Gasteiger partial charge in [-0.05, 0) is 30.5 Å². The first-order valence-corrected chi connectivity index (χ1v) is 5.64. The van der Waals surface area contributed by atoms with E-state index in [1.807, 2.05) is 30.3 Å². The standard InChI is InChI=1S/C10H10N2S2/c1-12(10(13)14-2)9-5-3-8(7-11)4-6-9/h3-6H,1-2H3. The van der Waals surface area contributed by atoms with Crippen molar-refractivity contribution in [3.63, 3.8) is 0 Å². The summed E-state index contributed by atoms with van der Waals surface area (Å²) in [7, 11) is 1.92. The largest absolute Gasteiger partial charge is 0.330 e. The zero-order valence-corrected chi connectivity index (χ0v) is 9.65. The molecule has 0 fully saturated rings. The third-order valence-electron chi connectivity index (χ3n) is 1.83. The number of thiocarbonyl (C=S) groups is 1. The molecule has 0 atom stereocenters. The van der Waals surface area contributed by atoms with Crippen molar-refractivity contribution >= 4 is 34.0 Å². The van der Waals surface area contributed by atoms with Crippen molar-refractivity contribution < 1.29 is 0 Å². The van der Waals surface area contributed by atoms with E-state index in [-0.39, 0.29) is 0 Å². The number of hydrogen-bond donors (Lipinski definition) is 0. The second-order valence-corrected chi connectivity index (χ2v) is 4.13. The molecule has 0 bridgehead atoms. The van der Waals surface area contributed by atoms with Gasteiger partial charge < -0.3 is 4.90 Å². The number of hydrogen-bond acceptors (Lipinski definition) is 3. The zero-order chi connectivity index (χ0) is 10.6. The van der Waals surface area contributed by atoms with Crippen LogP contribution in [0.4, 0.5) is 5.69 Å². The van der Waals surface area contributed by atoms with Crippen LogP contribution in [0.5, 0.6) is 0 Å². The molecule has 0 aliphatic heterocycles. The molecular weight excluding hydrogens is 212 g/mol. The first-order valence-electron chi connectivity index (χ1n) is 4.01. The molecule has 0 saturated carbocycles. The topological polar surface area (TPSA) is 27.0 Å². The van der Waals surface area contributed by atoms with Gasteiger partial charge in [0.25, 0.3) is 0 Å². The van der Waals surface area contributed by atoms with E-state index in [9.17, 15) is 0 Å². The Bertz CT molecular complexity index is 365. The summed E-state index contributed by atoms with van der Waals surface area (Å²) >= 11 is 6.68. The van der Waals surface area contributed by atoms with Crippen molar-refractivity contribution in [1.29, 1.82) is 5.26 Å². The fourth-order valence-electron chi connectivity index (χ4n) is 1.00. The molecule has 0 unspecified atom stereocenters. The quantitative estimate of drug-likeness (QED) is 0.683. The predicted molar refractivity (Wildman–Crippen MR) is 65.7 cm³/mol. The Hall–Kier alpha value is -1.05. The first kappa shape index (κ1) is 11.0. The van der Waals surface area contributed by atoms with Gasteiger partial charge in [0.15, 0.2) is 0 Å². The average molecular weight is 222 g/mol. The van der Waals surface area contributed by atoms with Gasteiger partial charge in [0, 0.05) is 12.7 Å². The Morgan fingerprint density at radius 3 is 2.43 bits per heavy atom. The van der Waals surface area contributed by atoms with Crippen LogP contribution >= 0.6 is 24.0 Å². The van der Waals surface area contributed by atoms with Crippen LogP contribution in [0, 0.1) is 11.3 Å². The highest BCUT2D eigenvalue weighted by Crippen LogP contribution is 2.17. The number of thioether (sulfide) groups is 1. The van der Waals surface area contributed by atoms with Crippen molar-refractivity contribution in [2.24, 2.45) is 0 Å². The van der Waals surface area contributed by atoms with E-state index in [0.717, 1.165) is 10.0 Å². The molecule has 14 heavy (non-hydrogen) atoms. The molecule has 0 amide bonds. The average Bonchev–Trinajstić information content (AvgIpc) is 2.27. The van der Waals surface area contributed by atoms with Crippen LogP contribution < -0.4 is 4.90 Å². The molecule has 0 radical (unpaired) electrons. The maximum absolute atomic E-state index is 8.63. The zero-order valence-electron chi connectivity index (χ0n) is 8.02. The lowest BCUT2D eigenvalue weighted by Crippen LogP contribution is -2.20. The Labute approximate surface area is 93.5 Å². The predicted octanol–water partition coefficient (Wildman–Crippen LogP) is 2.64. The van der Waals surface area contributed by atoms with E-state index in [4.69, 9.17) is 17.5 Å². The molecule has 1 rings (SSSR count). The number of anilines is 1. The Morgan fingerprint density at radius 1 is 1.43 bits per heavy atom. The second-order valence-electron chi connectivity index (χ2n) is 2.69. The molecule has 0 aliphatic carbocycles. The lowest BCUT2D eigenvalue weighted by atomic mass is 10.2. The van der Waals surface area contributed by atoms with E-state index in [2.05, 4.69) is 6.07 Å². The minimum absolute atomic E-state index is 0.664. The van der Waals surface area contributed by atoms with Gasteiger partial charge in [0.1, 0.15) is 4.32 Å². The summed E-state index contributed by atoms with van der Waals surface area (Å²) in [6.07, 6.45) is 1.95. The fourth-order valence-corrected chi connectivity index (χ4v) is 1.49. The summed E-state index contributed by atoms with van der Waals surface area (Å²) in [6.45, 7) is 0. The van der Waals surface area contributed by atoms with Crippen molar-refractivity contribution in [1.82, 2.24) is 0 Å². The molecule has 0 heterocycles. The SMILES string of the molecule is CSC(=S)N(C)c1ccc(C#N)cc1. The van der Waals surface area contributed by atoms with Crippen LogP contribution in [0.1, 0.15) is 5.56 Å². The lowest BCUT2D eigenvalue weighted by molar-refractivity contribution is 1.31. The summed E-state index contributed by atoms with van der Waals surface area (Å²) in [5.41, 5.74) is 1.67. The van der Waals surface area contributed by atoms with Gasteiger partial charge in [-0.1, -0.05) is 12.2 Å². The van der Waals surface area contributed by atoms with E-state index < -0.39 is 0 Å². The highest BCUT2D eigenvalue weighted by atomic mass is 32.2. The van der Waals surface area contributed by atoms with Crippen molar-refractivity contribution in [3.8, 4) is 6.07 Å². The van der Waals surface area contributed by atoms with E-state index in [1.165, 1.54) is 11.8 Å². The summed E-state index contributed by atoms with van der Waals surface area (Å²) in [5, 5.41) is 8.63. The molecule has 72 valence electrons. The molecule has 1 aromatic carbocycles. The smallest absolute Gasteiger partial charge is 0.140 e.